The number of aliphatic carboxylic acids is 5. The molecule has 0 amide bonds. The van der Waals surface area contributed by atoms with Crippen molar-refractivity contribution >= 4 is 29.8 Å². The van der Waals surface area contributed by atoms with Gasteiger partial charge >= 0.3 is 29.8 Å². The third-order valence-corrected chi connectivity index (χ3v) is 8.17. The van der Waals surface area contributed by atoms with Crippen LogP contribution in [0.4, 0.5) is 0 Å². The number of rotatable bonds is 5. The summed E-state index contributed by atoms with van der Waals surface area (Å²) >= 11 is 0. The van der Waals surface area contributed by atoms with Gasteiger partial charge in [0.15, 0.2) is 0 Å². The summed E-state index contributed by atoms with van der Waals surface area (Å²) in [6, 6.07) is 0. The van der Waals surface area contributed by atoms with Gasteiger partial charge in [0, 0.05) is 0 Å². The van der Waals surface area contributed by atoms with Crippen LogP contribution in [0.3, 0.4) is 0 Å². The van der Waals surface area contributed by atoms with Gasteiger partial charge in [-0.1, -0.05) is 94.9 Å². The maximum absolute atomic E-state index is 10.4. The van der Waals surface area contributed by atoms with Gasteiger partial charge in [-0.3, -0.25) is 24.0 Å². The first-order chi connectivity index (χ1) is 19.8. The number of nitrogens with zero attached hydrogens (tertiary/aromatic N) is 1. The van der Waals surface area contributed by atoms with E-state index in [1.165, 1.54) is 12.8 Å². The first-order valence-electron chi connectivity index (χ1n) is 15.6. The maximum Gasteiger partial charge on any atom is 0.306 e. The molecule has 1 aliphatic heterocycles. The number of carbonyl (C=O) groups is 5. The van der Waals surface area contributed by atoms with Gasteiger partial charge in [0.25, 0.3) is 0 Å². The summed E-state index contributed by atoms with van der Waals surface area (Å²) in [5, 5.41) is 42.1. The molecule has 1 heterocycles. The van der Waals surface area contributed by atoms with Gasteiger partial charge in [0.1, 0.15) is 0 Å². The summed E-state index contributed by atoms with van der Waals surface area (Å²) in [5.74, 6) is -3.58. The highest BCUT2D eigenvalue weighted by Crippen LogP contribution is 2.25. The summed E-state index contributed by atoms with van der Waals surface area (Å²) < 4.78 is 0. The third-order valence-electron chi connectivity index (χ3n) is 8.17. The quantitative estimate of drug-likeness (QED) is 0.190. The molecule has 4 aliphatic rings. The van der Waals surface area contributed by atoms with Gasteiger partial charge in [-0.15, -0.1) is 0 Å². The highest BCUT2D eigenvalue weighted by Gasteiger charge is 2.23. The summed E-state index contributed by atoms with van der Waals surface area (Å²) in [4.78, 5) is 53.2. The van der Waals surface area contributed by atoms with E-state index < -0.39 is 29.8 Å². The van der Waals surface area contributed by atoms with Crippen molar-refractivity contribution in [2.24, 2.45) is 29.6 Å². The summed E-state index contributed by atoms with van der Waals surface area (Å²) in [6.07, 6.45) is 16.1. The fourth-order valence-electron chi connectivity index (χ4n) is 5.13. The molecule has 0 bridgehead atoms. The van der Waals surface area contributed by atoms with Crippen molar-refractivity contribution in [3.05, 3.63) is 0 Å². The van der Waals surface area contributed by atoms with E-state index in [0.29, 0.717) is 0 Å². The molecular formula is C35H71NO10. The Kier molecular flexibility index (Phi) is 35.5. The second-order valence-electron chi connectivity index (χ2n) is 12.1. The summed E-state index contributed by atoms with van der Waals surface area (Å²) in [7, 11) is 2.03. The second kappa shape index (κ2) is 30.9. The second-order valence-corrected chi connectivity index (χ2v) is 12.1. The highest BCUT2D eigenvalue weighted by molar-refractivity contribution is 5.71. The van der Waals surface area contributed by atoms with Crippen molar-refractivity contribution in [1.82, 2.24) is 4.90 Å². The van der Waals surface area contributed by atoms with Crippen LogP contribution in [0.5, 0.6) is 0 Å². The Morgan fingerprint density at radius 3 is 0.826 bits per heavy atom. The van der Waals surface area contributed by atoms with Crippen LogP contribution in [0.15, 0.2) is 0 Å². The predicted octanol–water partition coefficient (Wildman–Crippen LogP) is 8.25. The molecule has 5 N–H and O–H groups in total. The Bertz CT molecular complexity index is 763. The molecule has 0 aromatic heterocycles. The molecule has 11 nitrogen and oxygen atoms in total. The number of likely N-dealkylation sites (tertiary alicyclic amines) is 1. The molecule has 276 valence electrons. The van der Waals surface area contributed by atoms with Gasteiger partial charge in [-0.2, -0.15) is 0 Å². The Morgan fingerprint density at radius 2 is 0.652 bits per heavy atom. The van der Waals surface area contributed by atoms with Crippen LogP contribution >= 0.6 is 0 Å². The zero-order valence-electron chi connectivity index (χ0n) is 25.8. The molecule has 4 fully saturated rings. The van der Waals surface area contributed by atoms with Crippen molar-refractivity contribution in [2.45, 2.75) is 146 Å². The van der Waals surface area contributed by atoms with E-state index in [1.807, 2.05) is 7.05 Å². The largest absolute Gasteiger partial charge is 0.481 e. The smallest absolute Gasteiger partial charge is 0.306 e. The topological polar surface area (TPSA) is 190 Å². The van der Waals surface area contributed by atoms with Crippen molar-refractivity contribution in [3.8, 4) is 0 Å². The zero-order chi connectivity index (χ0) is 32.1. The van der Waals surface area contributed by atoms with Gasteiger partial charge in [0.2, 0.25) is 0 Å². The van der Waals surface area contributed by atoms with Crippen molar-refractivity contribution in [1.29, 1.82) is 0 Å². The molecule has 0 spiro atoms. The molecule has 4 rings (SSSR count). The molecule has 0 aromatic carbocycles. The normalized spacial score (nSPS) is 18.4. The minimum Gasteiger partial charge on any atom is -0.481 e. The number of piperidine rings is 1. The Balaban J connectivity index is -0.000000150. The SMILES string of the molecule is C.C.C.C.CC(C)C(=O)O.CN1CCC(C(=O)O)CC1.O=C(O)C1CCCC1.O=C(O)C1CCCCC1.O=C(O)C1CCCCC1. The molecular weight excluding hydrogens is 594 g/mol. The van der Waals surface area contributed by atoms with E-state index in [4.69, 9.17) is 25.5 Å². The van der Waals surface area contributed by atoms with Gasteiger partial charge in [-0.25, -0.2) is 0 Å². The number of carboxylic acid groups (broad SMARTS) is 5. The molecule has 1 saturated heterocycles. The van der Waals surface area contributed by atoms with Crippen LogP contribution in [0.25, 0.3) is 0 Å². The average molecular weight is 666 g/mol. The van der Waals surface area contributed by atoms with Gasteiger partial charge in [-0.05, 0) is 71.5 Å². The number of hydrogen-bond acceptors (Lipinski definition) is 6. The fourth-order valence-corrected chi connectivity index (χ4v) is 5.13. The molecule has 46 heavy (non-hydrogen) atoms. The van der Waals surface area contributed by atoms with Crippen LogP contribution in [0, 0.1) is 29.6 Å². The monoisotopic (exact) mass is 666 g/mol. The highest BCUT2D eigenvalue weighted by atomic mass is 16.4. The van der Waals surface area contributed by atoms with Crippen LogP contribution in [0.2, 0.25) is 0 Å². The lowest BCUT2D eigenvalue weighted by molar-refractivity contribution is -0.144. The Labute approximate surface area is 280 Å². The summed E-state index contributed by atoms with van der Waals surface area (Å²) in [6.45, 7) is 5.14. The molecule has 11 heteroatoms. The molecule has 0 aromatic rings. The van der Waals surface area contributed by atoms with Gasteiger partial charge < -0.3 is 30.4 Å². The van der Waals surface area contributed by atoms with E-state index in [-0.39, 0.29) is 59.3 Å². The van der Waals surface area contributed by atoms with E-state index in [0.717, 1.165) is 103 Å². The molecule has 0 atom stereocenters. The van der Waals surface area contributed by atoms with Crippen molar-refractivity contribution in [2.75, 3.05) is 20.1 Å². The number of carboxylic acids is 5. The Morgan fingerprint density at radius 1 is 0.457 bits per heavy atom. The molecule has 0 radical (unpaired) electrons. The maximum atomic E-state index is 10.4. The first kappa shape index (κ1) is 52.8. The lowest BCUT2D eigenvalue weighted by atomic mass is 9.90. The van der Waals surface area contributed by atoms with Crippen LogP contribution in [-0.4, -0.2) is 80.4 Å². The lowest BCUT2D eigenvalue weighted by Crippen LogP contribution is -2.33. The van der Waals surface area contributed by atoms with E-state index >= 15 is 0 Å². The molecule has 3 saturated carbocycles. The third kappa shape index (κ3) is 26.5. The molecule has 0 unspecified atom stereocenters. The average Bonchev–Trinajstić information content (AvgIpc) is 3.51. The minimum atomic E-state index is -0.741. The van der Waals surface area contributed by atoms with Crippen LogP contribution in [0.1, 0.15) is 146 Å². The minimum absolute atomic E-state index is 0. The van der Waals surface area contributed by atoms with E-state index in [2.05, 4.69) is 4.90 Å². The summed E-state index contributed by atoms with van der Waals surface area (Å²) in [5.41, 5.74) is 0. The Hall–Kier alpha value is -2.69. The van der Waals surface area contributed by atoms with Crippen molar-refractivity contribution < 1.29 is 49.5 Å². The van der Waals surface area contributed by atoms with Gasteiger partial charge in [0.05, 0.1) is 29.6 Å². The molecule has 3 aliphatic carbocycles. The van der Waals surface area contributed by atoms with Crippen LogP contribution in [-0.2, 0) is 24.0 Å². The zero-order valence-corrected chi connectivity index (χ0v) is 25.8. The standard InChI is InChI=1S/C7H13NO2.2C7H12O2.C6H10O2.C4H8O2.4CH4/c1-8-4-2-6(3-5-8)7(9)10;2*8-7(9)6-4-2-1-3-5-6;7-6(8)5-3-1-2-4-5;1-3(2)4(5)6;;;;/h6H,2-5H2,1H3,(H,9,10);2*6H,1-5H2,(H,8,9);5H,1-4H2,(H,7,8);3H,1-2H3,(H,5,6);4*1H4. The fraction of sp³-hybridized carbons (Fsp3) is 0.857. The number of hydrogen-bond donors (Lipinski definition) is 5. The first-order valence-corrected chi connectivity index (χ1v) is 15.6. The van der Waals surface area contributed by atoms with Crippen LogP contribution < -0.4 is 0 Å². The predicted molar refractivity (Wildman–Crippen MR) is 185 cm³/mol. The van der Waals surface area contributed by atoms with E-state index in [1.54, 1.807) is 13.8 Å². The van der Waals surface area contributed by atoms with Crippen molar-refractivity contribution in [3.63, 3.8) is 0 Å². The lowest BCUT2D eigenvalue weighted by Gasteiger charge is -2.25. The van der Waals surface area contributed by atoms with E-state index in [9.17, 15) is 24.0 Å².